The summed E-state index contributed by atoms with van der Waals surface area (Å²) in [5.74, 6) is 1.20. The SMILES string of the molecule is COc1cccc(C(O)c2ccccc2OC(C)C)c1N. The maximum Gasteiger partial charge on any atom is 0.142 e. The van der Waals surface area contributed by atoms with Gasteiger partial charge in [-0.25, -0.2) is 0 Å². The van der Waals surface area contributed by atoms with Gasteiger partial charge >= 0.3 is 0 Å². The molecule has 0 fully saturated rings. The van der Waals surface area contributed by atoms with Gasteiger partial charge in [-0.05, 0) is 26.0 Å². The Bertz CT molecular complexity index is 611. The van der Waals surface area contributed by atoms with Crippen LogP contribution < -0.4 is 15.2 Å². The highest BCUT2D eigenvalue weighted by molar-refractivity contribution is 5.61. The molecule has 2 aromatic rings. The van der Waals surface area contributed by atoms with E-state index in [2.05, 4.69) is 0 Å². The standard InChI is InChI=1S/C17H21NO3/c1-11(2)21-14-9-5-4-7-12(14)17(19)13-8-6-10-15(20-3)16(13)18/h4-11,17,19H,18H2,1-3H3. The summed E-state index contributed by atoms with van der Waals surface area (Å²) < 4.78 is 11.0. The molecule has 0 spiro atoms. The monoisotopic (exact) mass is 287 g/mol. The summed E-state index contributed by atoms with van der Waals surface area (Å²) in [5, 5.41) is 10.7. The van der Waals surface area contributed by atoms with Crippen molar-refractivity contribution in [2.45, 2.75) is 26.1 Å². The van der Waals surface area contributed by atoms with Crippen LogP contribution >= 0.6 is 0 Å². The first kappa shape index (κ1) is 15.2. The Labute approximate surface area is 125 Å². The molecule has 4 heteroatoms. The number of rotatable bonds is 5. The second kappa shape index (κ2) is 6.50. The summed E-state index contributed by atoms with van der Waals surface area (Å²) >= 11 is 0. The van der Waals surface area contributed by atoms with Gasteiger partial charge in [-0.3, -0.25) is 0 Å². The van der Waals surface area contributed by atoms with Crippen LogP contribution in [0.1, 0.15) is 31.1 Å². The van der Waals surface area contributed by atoms with Gasteiger partial charge in [0.25, 0.3) is 0 Å². The lowest BCUT2D eigenvalue weighted by molar-refractivity contribution is 0.198. The number of hydrogen-bond acceptors (Lipinski definition) is 4. The number of ether oxygens (including phenoxy) is 2. The summed E-state index contributed by atoms with van der Waals surface area (Å²) in [6, 6.07) is 12.8. The van der Waals surface area contributed by atoms with Crippen molar-refractivity contribution in [3.8, 4) is 11.5 Å². The lowest BCUT2D eigenvalue weighted by Crippen LogP contribution is -2.11. The lowest BCUT2D eigenvalue weighted by atomic mass is 9.98. The number of anilines is 1. The molecule has 0 saturated heterocycles. The minimum Gasteiger partial charge on any atom is -0.495 e. The van der Waals surface area contributed by atoms with Crippen LogP contribution in [-0.4, -0.2) is 18.3 Å². The zero-order chi connectivity index (χ0) is 15.4. The van der Waals surface area contributed by atoms with Crippen molar-refractivity contribution in [2.24, 2.45) is 0 Å². The maximum absolute atomic E-state index is 10.7. The molecule has 21 heavy (non-hydrogen) atoms. The van der Waals surface area contributed by atoms with Crippen LogP contribution in [0, 0.1) is 0 Å². The van der Waals surface area contributed by atoms with E-state index in [1.54, 1.807) is 25.3 Å². The van der Waals surface area contributed by atoms with Gasteiger partial charge in [-0.1, -0.05) is 30.3 Å². The molecule has 0 amide bonds. The molecule has 0 aliphatic rings. The predicted octanol–water partition coefficient (Wildman–Crippen LogP) is 3.15. The molecule has 0 bridgehead atoms. The number of para-hydroxylation sites is 2. The van der Waals surface area contributed by atoms with E-state index in [1.165, 1.54) is 0 Å². The molecule has 0 radical (unpaired) electrons. The molecule has 0 aromatic heterocycles. The average Bonchev–Trinajstić information content (AvgIpc) is 2.47. The third-order valence-electron chi connectivity index (χ3n) is 3.19. The van der Waals surface area contributed by atoms with Crippen LogP contribution in [0.2, 0.25) is 0 Å². The number of hydrogen-bond donors (Lipinski definition) is 2. The number of nitrogens with two attached hydrogens (primary N) is 1. The van der Waals surface area contributed by atoms with E-state index in [0.717, 1.165) is 0 Å². The lowest BCUT2D eigenvalue weighted by Gasteiger charge is -2.20. The highest BCUT2D eigenvalue weighted by Crippen LogP contribution is 2.36. The summed E-state index contributed by atoms with van der Waals surface area (Å²) in [6.45, 7) is 3.89. The van der Waals surface area contributed by atoms with Gasteiger partial charge in [0.2, 0.25) is 0 Å². The molecule has 4 nitrogen and oxygen atoms in total. The molecule has 112 valence electrons. The molecule has 3 N–H and O–H groups in total. The highest BCUT2D eigenvalue weighted by atomic mass is 16.5. The van der Waals surface area contributed by atoms with E-state index in [-0.39, 0.29) is 6.10 Å². The molecular weight excluding hydrogens is 266 g/mol. The number of aliphatic hydroxyl groups excluding tert-OH is 1. The molecule has 0 saturated carbocycles. The van der Waals surface area contributed by atoms with Crippen molar-refractivity contribution in [2.75, 3.05) is 12.8 Å². The fourth-order valence-electron chi connectivity index (χ4n) is 2.21. The van der Waals surface area contributed by atoms with Gasteiger partial charge in [0, 0.05) is 11.1 Å². The van der Waals surface area contributed by atoms with Crippen LogP contribution in [0.4, 0.5) is 5.69 Å². The van der Waals surface area contributed by atoms with Gasteiger partial charge in [0.1, 0.15) is 17.6 Å². The van der Waals surface area contributed by atoms with Crippen molar-refractivity contribution in [1.29, 1.82) is 0 Å². The van der Waals surface area contributed by atoms with Crippen molar-refractivity contribution in [3.63, 3.8) is 0 Å². The van der Waals surface area contributed by atoms with Crippen molar-refractivity contribution >= 4 is 5.69 Å². The molecule has 0 aliphatic carbocycles. The van der Waals surface area contributed by atoms with E-state index in [4.69, 9.17) is 15.2 Å². The average molecular weight is 287 g/mol. The third-order valence-corrected chi connectivity index (χ3v) is 3.19. The Hall–Kier alpha value is -2.20. The second-order valence-corrected chi connectivity index (χ2v) is 5.07. The van der Waals surface area contributed by atoms with E-state index in [1.807, 2.05) is 38.1 Å². The van der Waals surface area contributed by atoms with Crippen molar-refractivity contribution in [1.82, 2.24) is 0 Å². The zero-order valence-corrected chi connectivity index (χ0v) is 12.5. The molecule has 1 atom stereocenters. The highest BCUT2D eigenvalue weighted by Gasteiger charge is 2.19. The van der Waals surface area contributed by atoms with Crippen LogP contribution in [0.15, 0.2) is 42.5 Å². The van der Waals surface area contributed by atoms with E-state index < -0.39 is 6.10 Å². The van der Waals surface area contributed by atoms with E-state index in [0.29, 0.717) is 28.3 Å². The van der Waals surface area contributed by atoms with E-state index >= 15 is 0 Å². The molecular formula is C17H21NO3. The van der Waals surface area contributed by atoms with Gasteiger partial charge in [0.15, 0.2) is 0 Å². The van der Waals surface area contributed by atoms with Crippen molar-refractivity contribution < 1.29 is 14.6 Å². The molecule has 0 aliphatic heterocycles. The Morgan fingerprint density at radius 2 is 1.57 bits per heavy atom. The topological polar surface area (TPSA) is 64.7 Å². The number of methoxy groups -OCH3 is 1. The quantitative estimate of drug-likeness (QED) is 0.829. The summed E-state index contributed by atoms with van der Waals surface area (Å²) in [6.07, 6.45) is -0.837. The Morgan fingerprint density at radius 3 is 2.24 bits per heavy atom. The van der Waals surface area contributed by atoms with Crippen molar-refractivity contribution in [3.05, 3.63) is 53.6 Å². The fraction of sp³-hybridized carbons (Fsp3) is 0.294. The first-order valence-electron chi connectivity index (χ1n) is 6.90. The Morgan fingerprint density at radius 1 is 0.952 bits per heavy atom. The normalized spacial score (nSPS) is 12.2. The van der Waals surface area contributed by atoms with Crippen LogP contribution in [-0.2, 0) is 0 Å². The van der Waals surface area contributed by atoms with Gasteiger partial charge < -0.3 is 20.3 Å². The molecule has 1 unspecified atom stereocenters. The molecule has 2 rings (SSSR count). The van der Waals surface area contributed by atoms with Gasteiger partial charge in [0.05, 0.1) is 18.9 Å². The first-order chi connectivity index (χ1) is 10.0. The third kappa shape index (κ3) is 3.28. The maximum atomic E-state index is 10.7. The number of aliphatic hydroxyl groups is 1. The summed E-state index contributed by atoms with van der Waals surface area (Å²) in [5.41, 5.74) is 7.79. The summed E-state index contributed by atoms with van der Waals surface area (Å²) in [4.78, 5) is 0. The van der Waals surface area contributed by atoms with Gasteiger partial charge in [-0.15, -0.1) is 0 Å². The minimum absolute atomic E-state index is 0.0287. The molecule has 0 heterocycles. The number of benzene rings is 2. The van der Waals surface area contributed by atoms with Gasteiger partial charge in [-0.2, -0.15) is 0 Å². The summed E-state index contributed by atoms with van der Waals surface area (Å²) in [7, 11) is 1.55. The first-order valence-corrected chi connectivity index (χ1v) is 6.90. The van der Waals surface area contributed by atoms with Crippen LogP contribution in [0.3, 0.4) is 0 Å². The largest absolute Gasteiger partial charge is 0.495 e. The minimum atomic E-state index is -0.866. The smallest absolute Gasteiger partial charge is 0.142 e. The fourth-order valence-corrected chi connectivity index (χ4v) is 2.21. The Balaban J connectivity index is 2.43. The van der Waals surface area contributed by atoms with Crippen LogP contribution in [0.5, 0.6) is 11.5 Å². The molecule has 2 aromatic carbocycles. The van der Waals surface area contributed by atoms with Crippen LogP contribution in [0.25, 0.3) is 0 Å². The zero-order valence-electron chi connectivity index (χ0n) is 12.5. The Kier molecular flexibility index (Phi) is 4.70. The second-order valence-electron chi connectivity index (χ2n) is 5.07. The predicted molar refractivity (Wildman–Crippen MR) is 83.7 cm³/mol. The van der Waals surface area contributed by atoms with E-state index in [9.17, 15) is 5.11 Å². The number of nitrogen functional groups attached to an aromatic ring is 1.